The van der Waals surface area contributed by atoms with Crippen molar-refractivity contribution < 1.29 is 19.1 Å². The van der Waals surface area contributed by atoms with E-state index < -0.39 is 0 Å². The van der Waals surface area contributed by atoms with Crippen molar-refractivity contribution in [2.45, 2.75) is 0 Å². The van der Waals surface area contributed by atoms with Gasteiger partial charge in [-0.15, -0.1) is 0 Å². The van der Waals surface area contributed by atoms with Gasteiger partial charge in [0.1, 0.15) is 23.0 Å². The first-order valence-electron chi connectivity index (χ1n) is 14.0. The molecule has 6 aromatic rings. The number of carbonyl (C=O) groups excluding carboxylic acids is 2. The molecule has 6 rings (SSSR count). The van der Waals surface area contributed by atoms with Crippen molar-refractivity contribution >= 4 is 22.9 Å². The highest BCUT2D eigenvalue weighted by Gasteiger charge is 2.22. The van der Waals surface area contributed by atoms with Crippen LogP contribution in [0.3, 0.4) is 0 Å². The van der Waals surface area contributed by atoms with Crippen LogP contribution in [0.15, 0.2) is 146 Å². The Morgan fingerprint density at radius 3 is 1.11 bits per heavy atom. The Balaban J connectivity index is 1.48. The summed E-state index contributed by atoms with van der Waals surface area (Å²) in [6.45, 7) is 0. The van der Waals surface area contributed by atoms with Crippen LogP contribution in [-0.2, 0) is 0 Å². The van der Waals surface area contributed by atoms with Gasteiger partial charge in [-0.2, -0.15) is 0 Å². The van der Waals surface area contributed by atoms with Gasteiger partial charge in [0.25, 0.3) is 0 Å². The third-order valence-electron chi connectivity index (χ3n) is 7.07. The molecule has 0 spiro atoms. The first-order chi connectivity index (χ1) is 21.4. The highest BCUT2D eigenvalue weighted by Crippen LogP contribution is 2.37. The summed E-state index contributed by atoms with van der Waals surface area (Å²) in [5.74, 6) is 1.68. The largest absolute Gasteiger partial charge is 0.457 e. The molecule has 0 bridgehead atoms. The second-order valence-corrected chi connectivity index (χ2v) is 10.1. The fourth-order valence-electron chi connectivity index (χ4n) is 4.85. The van der Waals surface area contributed by atoms with Crippen LogP contribution in [0.4, 0.5) is 11.4 Å². The van der Waals surface area contributed by atoms with Gasteiger partial charge in [-0.25, -0.2) is 0 Å². The van der Waals surface area contributed by atoms with Crippen LogP contribution in [0, 0.1) is 0 Å². The molecular formula is C38H28N2O4. The van der Waals surface area contributed by atoms with E-state index in [4.69, 9.17) is 20.9 Å². The fraction of sp³-hybridized carbons (Fsp3) is 0. The monoisotopic (exact) mass is 576 g/mol. The first kappa shape index (κ1) is 28.0. The minimum absolute atomic E-state index is 0.205. The number of rotatable bonds is 9. The molecule has 0 aliphatic heterocycles. The molecule has 0 fully saturated rings. The summed E-state index contributed by atoms with van der Waals surface area (Å²) in [6.07, 6.45) is 0. The average molecular weight is 577 g/mol. The highest BCUT2D eigenvalue weighted by molar-refractivity contribution is 6.17. The Kier molecular flexibility index (Phi) is 7.88. The van der Waals surface area contributed by atoms with Crippen LogP contribution in [0.25, 0.3) is 11.1 Å². The molecule has 0 atom stereocenters. The van der Waals surface area contributed by atoms with Crippen molar-refractivity contribution in [3.05, 3.63) is 168 Å². The summed E-state index contributed by atoms with van der Waals surface area (Å²) in [4.78, 5) is 28.0. The molecule has 214 valence electrons. The van der Waals surface area contributed by atoms with Crippen LogP contribution in [0.1, 0.15) is 31.8 Å². The van der Waals surface area contributed by atoms with E-state index in [-0.39, 0.29) is 11.6 Å². The standard InChI is InChI=1S/C38H28N2O4/c39-27-11-15-29(16-12-27)43-31-19-21-33(35(23-31)37(41)25-7-3-1-4-8-25)34-22-20-32(44-30-17-13-28(40)14-18-30)24-36(34)38(42)26-9-5-2-6-10-26/h1-24H,39-40H2. The van der Waals surface area contributed by atoms with E-state index in [9.17, 15) is 9.59 Å². The highest BCUT2D eigenvalue weighted by atomic mass is 16.5. The van der Waals surface area contributed by atoms with E-state index in [1.165, 1.54) is 0 Å². The lowest BCUT2D eigenvalue weighted by Gasteiger charge is -2.17. The van der Waals surface area contributed by atoms with Gasteiger partial charge in [0.15, 0.2) is 11.6 Å². The average Bonchev–Trinajstić information content (AvgIpc) is 3.07. The van der Waals surface area contributed by atoms with Crippen LogP contribution in [0.2, 0.25) is 0 Å². The molecule has 0 heterocycles. The third kappa shape index (κ3) is 6.20. The minimum atomic E-state index is -0.205. The smallest absolute Gasteiger partial charge is 0.193 e. The molecule has 0 saturated carbocycles. The van der Waals surface area contributed by atoms with Crippen LogP contribution in [0.5, 0.6) is 23.0 Å². The zero-order valence-electron chi connectivity index (χ0n) is 23.6. The number of nitrogen functional groups attached to an aromatic ring is 2. The molecule has 0 unspecified atom stereocenters. The second-order valence-electron chi connectivity index (χ2n) is 10.1. The lowest BCUT2D eigenvalue weighted by atomic mass is 9.88. The van der Waals surface area contributed by atoms with Gasteiger partial charge in [0, 0.05) is 33.6 Å². The van der Waals surface area contributed by atoms with E-state index >= 15 is 0 Å². The molecule has 6 heteroatoms. The predicted octanol–water partition coefficient (Wildman–Crippen LogP) is 8.56. The van der Waals surface area contributed by atoms with Crippen LogP contribution >= 0.6 is 0 Å². The quantitative estimate of drug-likeness (QED) is 0.132. The van der Waals surface area contributed by atoms with Crippen molar-refractivity contribution in [3.8, 4) is 34.1 Å². The summed E-state index contributed by atoms with van der Waals surface area (Å²) in [5, 5.41) is 0. The normalized spacial score (nSPS) is 10.6. The number of hydrogen-bond donors (Lipinski definition) is 2. The molecule has 44 heavy (non-hydrogen) atoms. The Morgan fingerprint density at radius 2 is 0.750 bits per heavy atom. The van der Waals surface area contributed by atoms with E-state index in [1.807, 2.05) is 36.4 Å². The van der Waals surface area contributed by atoms with Crippen LogP contribution in [-0.4, -0.2) is 11.6 Å². The number of nitrogens with two attached hydrogens (primary N) is 2. The topological polar surface area (TPSA) is 105 Å². The molecule has 4 N–H and O–H groups in total. The zero-order chi connectivity index (χ0) is 30.5. The summed E-state index contributed by atoms with van der Waals surface area (Å²) in [6, 6.07) is 42.6. The molecular weight excluding hydrogens is 548 g/mol. The first-order valence-corrected chi connectivity index (χ1v) is 14.0. The number of carbonyl (C=O) groups is 2. The SMILES string of the molecule is Nc1ccc(Oc2ccc(-c3ccc(Oc4ccc(N)cc4)cc3C(=O)c3ccccc3)c(C(=O)c3ccccc3)c2)cc1. The molecule has 0 aliphatic rings. The van der Waals surface area contributed by atoms with Crippen molar-refractivity contribution in [2.75, 3.05) is 11.5 Å². The maximum atomic E-state index is 14.0. The molecule has 0 radical (unpaired) electrons. The van der Waals surface area contributed by atoms with Gasteiger partial charge in [-0.05, 0) is 96.1 Å². The van der Waals surface area contributed by atoms with E-state index in [2.05, 4.69) is 0 Å². The molecule has 0 aliphatic carbocycles. The Morgan fingerprint density at radius 1 is 0.409 bits per heavy atom. The minimum Gasteiger partial charge on any atom is -0.457 e. The Hall–Kier alpha value is -6.14. The lowest BCUT2D eigenvalue weighted by molar-refractivity contribution is 0.102. The summed E-state index contributed by atoms with van der Waals surface area (Å²) >= 11 is 0. The predicted molar refractivity (Wildman–Crippen MR) is 173 cm³/mol. The van der Waals surface area contributed by atoms with Gasteiger partial charge in [0.2, 0.25) is 0 Å². The number of hydrogen-bond acceptors (Lipinski definition) is 6. The van der Waals surface area contributed by atoms with Gasteiger partial charge in [-0.1, -0.05) is 60.7 Å². The lowest BCUT2D eigenvalue weighted by Crippen LogP contribution is -2.08. The second kappa shape index (κ2) is 12.4. The number of benzene rings is 6. The maximum absolute atomic E-state index is 14.0. The molecule has 0 saturated heterocycles. The van der Waals surface area contributed by atoms with Crippen molar-refractivity contribution in [1.82, 2.24) is 0 Å². The third-order valence-corrected chi connectivity index (χ3v) is 7.07. The Labute approximate surface area is 255 Å². The zero-order valence-corrected chi connectivity index (χ0v) is 23.6. The fourth-order valence-corrected chi connectivity index (χ4v) is 4.85. The van der Waals surface area contributed by atoms with E-state index in [0.29, 0.717) is 67.8 Å². The number of ketones is 2. The van der Waals surface area contributed by atoms with Gasteiger partial charge >= 0.3 is 0 Å². The van der Waals surface area contributed by atoms with Crippen molar-refractivity contribution in [3.63, 3.8) is 0 Å². The molecule has 6 nitrogen and oxygen atoms in total. The number of anilines is 2. The molecule has 0 aromatic heterocycles. The van der Waals surface area contributed by atoms with E-state index in [1.54, 1.807) is 109 Å². The molecule has 6 aromatic carbocycles. The van der Waals surface area contributed by atoms with Gasteiger partial charge in [0.05, 0.1) is 0 Å². The van der Waals surface area contributed by atoms with Crippen molar-refractivity contribution in [1.29, 1.82) is 0 Å². The van der Waals surface area contributed by atoms with Crippen LogP contribution < -0.4 is 20.9 Å². The Bertz CT molecular complexity index is 1790. The maximum Gasteiger partial charge on any atom is 0.193 e. The van der Waals surface area contributed by atoms with E-state index in [0.717, 1.165) is 0 Å². The van der Waals surface area contributed by atoms with Crippen molar-refractivity contribution in [2.24, 2.45) is 0 Å². The van der Waals surface area contributed by atoms with Gasteiger partial charge in [-0.3, -0.25) is 9.59 Å². The summed E-state index contributed by atoms with van der Waals surface area (Å²) in [5.41, 5.74) is 15.9. The number of ether oxygens (including phenoxy) is 2. The summed E-state index contributed by atoms with van der Waals surface area (Å²) < 4.78 is 12.2. The molecule has 0 amide bonds. The summed E-state index contributed by atoms with van der Waals surface area (Å²) in [7, 11) is 0. The van der Waals surface area contributed by atoms with Gasteiger partial charge < -0.3 is 20.9 Å².